The van der Waals surface area contributed by atoms with Crippen molar-refractivity contribution in [1.82, 2.24) is 4.98 Å². The summed E-state index contributed by atoms with van der Waals surface area (Å²) >= 11 is 1.56. The first-order valence-corrected chi connectivity index (χ1v) is 6.33. The van der Waals surface area contributed by atoms with Crippen molar-refractivity contribution in [1.29, 1.82) is 5.26 Å². The Kier molecular flexibility index (Phi) is 3.54. The Hall–Kier alpha value is -1.99. The van der Waals surface area contributed by atoms with Crippen molar-refractivity contribution < 1.29 is 0 Å². The van der Waals surface area contributed by atoms with Gasteiger partial charge in [-0.1, -0.05) is 11.8 Å². The van der Waals surface area contributed by atoms with E-state index in [4.69, 9.17) is 5.73 Å². The van der Waals surface area contributed by atoms with Gasteiger partial charge in [0.15, 0.2) is 0 Å². The van der Waals surface area contributed by atoms with Crippen LogP contribution in [0.5, 0.6) is 0 Å². The normalized spacial score (nSPS) is 10.1. The van der Waals surface area contributed by atoms with Gasteiger partial charge in [-0.2, -0.15) is 5.26 Å². The molecule has 0 amide bonds. The van der Waals surface area contributed by atoms with E-state index in [1.165, 1.54) is 0 Å². The fourth-order valence-electron chi connectivity index (χ4n) is 1.67. The van der Waals surface area contributed by atoms with Crippen molar-refractivity contribution >= 4 is 17.4 Å². The number of anilines is 1. The lowest BCUT2D eigenvalue weighted by Gasteiger charge is -2.07. The summed E-state index contributed by atoms with van der Waals surface area (Å²) < 4.78 is 0. The molecular formula is C14H13N3S. The van der Waals surface area contributed by atoms with Crippen LogP contribution >= 0.6 is 11.8 Å². The van der Waals surface area contributed by atoms with Crippen LogP contribution in [0, 0.1) is 25.2 Å². The summed E-state index contributed by atoms with van der Waals surface area (Å²) in [6, 6.07) is 11.8. The molecule has 0 aliphatic heterocycles. The van der Waals surface area contributed by atoms with Gasteiger partial charge in [-0.25, -0.2) is 0 Å². The van der Waals surface area contributed by atoms with Gasteiger partial charge in [0.1, 0.15) is 6.07 Å². The fraction of sp³-hybridized carbons (Fsp3) is 0.143. The maximum atomic E-state index is 9.19. The van der Waals surface area contributed by atoms with E-state index in [1.807, 2.05) is 44.2 Å². The van der Waals surface area contributed by atoms with Gasteiger partial charge >= 0.3 is 0 Å². The predicted molar refractivity (Wildman–Crippen MR) is 73.4 cm³/mol. The topological polar surface area (TPSA) is 62.7 Å². The van der Waals surface area contributed by atoms with E-state index in [0.717, 1.165) is 26.9 Å². The van der Waals surface area contributed by atoms with Crippen LogP contribution in [0.2, 0.25) is 0 Å². The number of nitrogen functional groups attached to an aromatic ring is 1. The zero-order valence-electron chi connectivity index (χ0n) is 10.3. The van der Waals surface area contributed by atoms with Gasteiger partial charge in [-0.3, -0.25) is 4.98 Å². The molecule has 0 bridgehead atoms. The highest BCUT2D eigenvalue weighted by Gasteiger charge is 2.09. The lowest BCUT2D eigenvalue weighted by atomic mass is 10.2. The molecule has 0 unspecified atom stereocenters. The minimum absolute atomic E-state index is 0.641. The molecule has 90 valence electrons. The van der Waals surface area contributed by atoms with Crippen molar-refractivity contribution in [2.45, 2.75) is 23.6 Å². The first kappa shape index (κ1) is 12.5. The lowest BCUT2D eigenvalue weighted by molar-refractivity contribution is 1.07. The molecule has 0 fully saturated rings. The Balaban J connectivity index is 2.40. The van der Waals surface area contributed by atoms with E-state index in [1.54, 1.807) is 11.8 Å². The summed E-state index contributed by atoms with van der Waals surface area (Å²) in [5, 5.41) is 9.19. The quantitative estimate of drug-likeness (QED) is 0.836. The first-order chi connectivity index (χ1) is 8.60. The summed E-state index contributed by atoms with van der Waals surface area (Å²) in [7, 11) is 0. The number of rotatable bonds is 2. The first-order valence-electron chi connectivity index (χ1n) is 5.52. The van der Waals surface area contributed by atoms with Gasteiger partial charge in [0.05, 0.1) is 11.3 Å². The maximum absolute atomic E-state index is 9.19. The van der Waals surface area contributed by atoms with Gasteiger partial charge in [-0.15, -0.1) is 0 Å². The van der Waals surface area contributed by atoms with Crippen LogP contribution in [0.25, 0.3) is 0 Å². The molecule has 1 heterocycles. The van der Waals surface area contributed by atoms with Crippen molar-refractivity contribution in [3.05, 3.63) is 47.3 Å². The number of aryl methyl sites for hydroxylation is 2. The molecule has 18 heavy (non-hydrogen) atoms. The van der Waals surface area contributed by atoms with Gasteiger partial charge in [0.25, 0.3) is 0 Å². The maximum Gasteiger partial charge on any atom is 0.102 e. The lowest BCUT2D eigenvalue weighted by Crippen LogP contribution is -1.94. The largest absolute Gasteiger partial charge is 0.399 e. The summed E-state index contributed by atoms with van der Waals surface area (Å²) in [4.78, 5) is 6.30. The van der Waals surface area contributed by atoms with Crippen LogP contribution in [0.1, 0.15) is 17.0 Å². The van der Waals surface area contributed by atoms with Crippen molar-refractivity contribution in [3.63, 3.8) is 0 Å². The highest BCUT2D eigenvalue weighted by molar-refractivity contribution is 7.99. The second-order valence-electron chi connectivity index (χ2n) is 4.01. The molecule has 4 heteroatoms. The molecular weight excluding hydrogens is 242 g/mol. The number of nitrogens with two attached hydrogens (primary N) is 1. The Labute approximate surface area is 111 Å². The molecule has 2 aromatic rings. The van der Waals surface area contributed by atoms with Gasteiger partial charge < -0.3 is 5.73 Å². The number of nitrogens with zero attached hydrogens (tertiary/aromatic N) is 2. The number of pyridine rings is 1. The summed E-state index contributed by atoms with van der Waals surface area (Å²) in [6.07, 6.45) is 0. The Bertz CT molecular complexity index is 612. The van der Waals surface area contributed by atoms with E-state index in [2.05, 4.69) is 11.1 Å². The molecule has 0 saturated heterocycles. The highest BCUT2D eigenvalue weighted by atomic mass is 32.2. The molecule has 0 radical (unpaired) electrons. The van der Waals surface area contributed by atoms with Crippen LogP contribution in [0.3, 0.4) is 0 Å². The van der Waals surface area contributed by atoms with Crippen molar-refractivity contribution in [2.75, 3.05) is 5.73 Å². The second-order valence-corrected chi connectivity index (χ2v) is 5.12. The van der Waals surface area contributed by atoms with E-state index in [-0.39, 0.29) is 0 Å². The third-order valence-corrected chi connectivity index (χ3v) is 3.56. The number of hydrogen-bond donors (Lipinski definition) is 1. The number of benzene rings is 1. The number of nitriles is 1. The van der Waals surface area contributed by atoms with Gasteiger partial charge in [-0.05, 0) is 44.2 Å². The molecule has 0 saturated carbocycles. The Morgan fingerprint density at radius 2 is 1.89 bits per heavy atom. The van der Waals surface area contributed by atoms with Crippen LogP contribution in [-0.4, -0.2) is 4.98 Å². The SMILES string of the molecule is Cc1cc(Sc2ccc(N)cc2)c(C#N)c(C)n1. The van der Waals surface area contributed by atoms with Crippen LogP contribution < -0.4 is 5.73 Å². The molecule has 0 atom stereocenters. The molecule has 0 aliphatic carbocycles. The van der Waals surface area contributed by atoms with Gasteiger partial charge in [0.2, 0.25) is 0 Å². The van der Waals surface area contributed by atoms with Gasteiger partial charge in [0, 0.05) is 21.2 Å². The molecule has 2 rings (SSSR count). The van der Waals surface area contributed by atoms with Crippen molar-refractivity contribution in [2.24, 2.45) is 0 Å². The average Bonchev–Trinajstić information content (AvgIpc) is 2.32. The van der Waals surface area contributed by atoms with Crippen LogP contribution in [-0.2, 0) is 0 Å². The third kappa shape index (κ3) is 2.63. The summed E-state index contributed by atoms with van der Waals surface area (Å²) in [5.74, 6) is 0. The zero-order chi connectivity index (χ0) is 13.1. The Morgan fingerprint density at radius 3 is 2.50 bits per heavy atom. The van der Waals surface area contributed by atoms with E-state index < -0.39 is 0 Å². The van der Waals surface area contributed by atoms with Crippen LogP contribution in [0.4, 0.5) is 5.69 Å². The zero-order valence-corrected chi connectivity index (χ0v) is 11.1. The molecule has 1 aromatic carbocycles. The predicted octanol–water partition coefficient (Wildman–Crippen LogP) is 3.30. The third-order valence-electron chi connectivity index (χ3n) is 2.51. The smallest absolute Gasteiger partial charge is 0.102 e. The average molecular weight is 255 g/mol. The minimum Gasteiger partial charge on any atom is -0.399 e. The molecule has 3 nitrogen and oxygen atoms in total. The van der Waals surface area contributed by atoms with Crippen molar-refractivity contribution in [3.8, 4) is 6.07 Å². The fourth-order valence-corrected chi connectivity index (χ4v) is 2.72. The van der Waals surface area contributed by atoms with E-state index in [0.29, 0.717) is 5.56 Å². The monoisotopic (exact) mass is 255 g/mol. The van der Waals surface area contributed by atoms with E-state index in [9.17, 15) is 5.26 Å². The minimum atomic E-state index is 0.641. The molecule has 0 spiro atoms. The van der Waals surface area contributed by atoms with E-state index >= 15 is 0 Å². The summed E-state index contributed by atoms with van der Waals surface area (Å²) in [6.45, 7) is 3.79. The number of hydrogen-bond acceptors (Lipinski definition) is 4. The molecule has 1 aromatic heterocycles. The molecule has 0 aliphatic rings. The van der Waals surface area contributed by atoms with Crippen LogP contribution in [0.15, 0.2) is 40.1 Å². The summed E-state index contributed by atoms with van der Waals surface area (Å²) in [5.41, 5.74) is 8.73. The molecule has 2 N–H and O–H groups in total. The highest BCUT2D eigenvalue weighted by Crippen LogP contribution is 2.32. The Morgan fingerprint density at radius 1 is 1.22 bits per heavy atom. The standard InChI is InChI=1S/C14H13N3S/c1-9-7-14(13(8-15)10(2)17-9)18-12-5-3-11(16)4-6-12/h3-7H,16H2,1-2H3. The number of aromatic nitrogens is 1. The second kappa shape index (κ2) is 5.11.